The van der Waals surface area contributed by atoms with Crippen LogP contribution in [0.2, 0.25) is 0 Å². The van der Waals surface area contributed by atoms with Gasteiger partial charge in [0.15, 0.2) is 0 Å². The summed E-state index contributed by atoms with van der Waals surface area (Å²) in [4.78, 5) is 0. The molecule has 2 N–H and O–H groups in total. The molecule has 0 saturated carbocycles. The highest BCUT2D eigenvalue weighted by Crippen LogP contribution is 2.00. The van der Waals surface area contributed by atoms with E-state index in [0.29, 0.717) is 6.08 Å². The fraction of sp³-hybridized carbons (Fsp3) is 0.250. The number of hydrazone groups is 1. The van der Waals surface area contributed by atoms with Gasteiger partial charge in [-0.15, -0.1) is 10.3 Å². The van der Waals surface area contributed by atoms with Crippen LogP contribution in [0, 0.1) is 0 Å². The smallest absolute Gasteiger partial charge is 0.238 e. The number of nitrogens with zero attached hydrogens (tertiary/aromatic N) is 2. The molecule has 0 bridgehead atoms. The monoisotopic (exact) mass is 148 g/mol. The molecule has 0 aromatic rings. The Bertz CT molecular complexity index is 188. The molecule has 56 valence electrons. The van der Waals surface area contributed by atoms with Crippen molar-refractivity contribution in [3.8, 4) is 0 Å². The number of nitrogens with one attached hydrogen (secondary N) is 2. The molecule has 0 amide bonds. The van der Waals surface area contributed by atoms with Crippen LogP contribution in [0.4, 0.5) is 8.78 Å². The van der Waals surface area contributed by atoms with Crippen molar-refractivity contribution in [2.75, 3.05) is 7.05 Å². The molecule has 10 heavy (non-hydrogen) atoms. The Morgan fingerprint density at radius 2 is 2.40 bits per heavy atom. The largest absolute Gasteiger partial charge is 0.242 e. The van der Waals surface area contributed by atoms with Gasteiger partial charge in [-0.05, 0) is 0 Å². The van der Waals surface area contributed by atoms with E-state index in [-0.39, 0.29) is 0 Å². The van der Waals surface area contributed by atoms with Gasteiger partial charge in [-0.2, -0.15) is 8.78 Å². The van der Waals surface area contributed by atoms with Crippen molar-refractivity contribution in [3.63, 3.8) is 0 Å². The number of rotatable bonds is 1. The van der Waals surface area contributed by atoms with E-state index >= 15 is 0 Å². The summed E-state index contributed by atoms with van der Waals surface area (Å²) < 4.78 is 24.4. The molecule has 1 aliphatic rings. The van der Waals surface area contributed by atoms with E-state index in [2.05, 4.69) is 16.0 Å². The van der Waals surface area contributed by atoms with Gasteiger partial charge in [0.2, 0.25) is 11.9 Å². The Kier molecular flexibility index (Phi) is 1.81. The number of hydrazine groups is 2. The van der Waals surface area contributed by atoms with Crippen LogP contribution in [0.5, 0.6) is 0 Å². The first kappa shape index (κ1) is 6.94. The van der Waals surface area contributed by atoms with Gasteiger partial charge in [-0.25, -0.2) is 10.9 Å². The standard InChI is InChI=1S/C4H6F2N4/c1-7-10-8-3(5)2-4(6)9-10/h2,7-8H,1H3. The maximum absolute atomic E-state index is 12.2. The van der Waals surface area contributed by atoms with Gasteiger partial charge >= 0.3 is 0 Å². The van der Waals surface area contributed by atoms with Crippen molar-refractivity contribution in [1.29, 1.82) is 0 Å². The molecule has 0 spiro atoms. The minimum absolute atomic E-state index is 0.647. The van der Waals surface area contributed by atoms with Crippen molar-refractivity contribution in [3.05, 3.63) is 12.0 Å². The second-order valence-electron chi connectivity index (χ2n) is 1.56. The minimum atomic E-state index is -0.884. The molecule has 0 radical (unpaired) electrons. The van der Waals surface area contributed by atoms with Gasteiger partial charge < -0.3 is 0 Å². The second kappa shape index (κ2) is 2.61. The van der Waals surface area contributed by atoms with Crippen molar-refractivity contribution in [1.82, 2.24) is 16.1 Å². The number of allylic oxidation sites excluding steroid dienone is 1. The molecule has 0 saturated heterocycles. The van der Waals surface area contributed by atoms with Crippen LogP contribution in [0.15, 0.2) is 17.1 Å². The molecule has 0 aliphatic carbocycles. The zero-order valence-corrected chi connectivity index (χ0v) is 5.23. The summed E-state index contributed by atoms with van der Waals surface area (Å²) in [6.07, 6.45) is 0.647. The van der Waals surface area contributed by atoms with Gasteiger partial charge in [-0.1, -0.05) is 0 Å². The van der Waals surface area contributed by atoms with Crippen molar-refractivity contribution in [2.45, 2.75) is 0 Å². The summed E-state index contributed by atoms with van der Waals surface area (Å²) in [7, 11) is 1.47. The Hall–Kier alpha value is -1.17. The highest BCUT2D eigenvalue weighted by atomic mass is 19.1. The minimum Gasteiger partial charge on any atom is -0.242 e. The van der Waals surface area contributed by atoms with Crippen molar-refractivity contribution in [2.24, 2.45) is 5.10 Å². The third kappa shape index (κ3) is 1.41. The number of halogens is 2. The summed E-state index contributed by atoms with van der Waals surface area (Å²) >= 11 is 0. The molecule has 0 unspecified atom stereocenters. The summed E-state index contributed by atoms with van der Waals surface area (Å²) in [6.45, 7) is 0. The van der Waals surface area contributed by atoms with E-state index in [4.69, 9.17) is 0 Å². The summed E-state index contributed by atoms with van der Waals surface area (Å²) in [6, 6.07) is 0. The highest BCUT2D eigenvalue weighted by Gasteiger charge is 2.09. The van der Waals surface area contributed by atoms with Crippen LogP contribution in [0.3, 0.4) is 0 Å². The van der Waals surface area contributed by atoms with Crippen LogP contribution in [0.25, 0.3) is 0 Å². The lowest BCUT2D eigenvalue weighted by atomic mass is 10.6. The SMILES string of the molecule is CNN1N=C(F)C=C(F)N1. The molecular weight excluding hydrogens is 142 g/mol. The zero-order chi connectivity index (χ0) is 7.56. The molecule has 0 aromatic carbocycles. The lowest BCUT2D eigenvalue weighted by Crippen LogP contribution is -2.43. The van der Waals surface area contributed by atoms with Crippen LogP contribution < -0.4 is 10.9 Å². The van der Waals surface area contributed by atoms with Crippen LogP contribution in [0.1, 0.15) is 0 Å². The van der Waals surface area contributed by atoms with E-state index in [0.717, 1.165) is 5.23 Å². The van der Waals surface area contributed by atoms with E-state index < -0.39 is 11.9 Å². The molecular formula is C4H6F2N4. The topological polar surface area (TPSA) is 39.7 Å². The van der Waals surface area contributed by atoms with Gasteiger partial charge in [0.25, 0.3) is 0 Å². The summed E-state index contributed by atoms with van der Waals surface area (Å²) in [5.74, 6) is -1.67. The third-order valence-electron chi connectivity index (χ3n) is 0.866. The molecule has 1 rings (SSSR count). The van der Waals surface area contributed by atoms with Gasteiger partial charge in [0, 0.05) is 13.1 Å². The molecule has 0 aromatic heterocycles. The summed E-state index contributed by atoms with van der Waals surface area (Å²) in [5.41, 5.74) is 4.46. The Labute approximate surface area is 56.1 Å². The third-order valence-corrected chi connectivity index (χ3v) is 0.866. The van der Waals surface area contributed by atoms with Crippen LogP contribution >= 0.6 is 0 Å². The van der Waals surface area contributed by atoms with Crippen molar-refractivity contribution < 1.29 is 8.78 Å². The van der Waals surface area contributed by atoms with Crippen LogP contribution in [-0.4, -0.2) is 18.2 Å². The fourth-order valence-electron chi connectivity index (χ4n) is 0.493. The molecule has 0 fully saturated rings. The molecule has 1 aliphatic heterocycles. The van der Waals surface area contributed by atoms with E-state index in [1.54, 1.807) is 0 Å². The van der Waals surface area contributed by atoms with Gasteiger partial charge in [0.05, 0.1) is 0 Å². The Morgan fingerprint density at radius 3 is 2.90 bits per heavy atom. The average Bonchev–Trinajstić information content (AvgIpc) is 1.85. The fourth-order valence-corrected chi connectivity index (χ4v) is 0.493. The average molecular weight is 148 g/mol. The quantitative estimate of drug-likeness (QED) is 0.515. The first-order valence-electron chi connectivity index (χ1n) is 2.58. The molecule has 6 heteroatoms. The maximum Gasteiger partial charge on any atom is 0.238 e. The van der Waals surface area contributed by atoms with Crippen LogP contribution in [-0.2, 0) is 0 Å². The Balaban J connectivity index is 2.67. The number of hydrogen-bond acceptors (Lipinski definition) is 4. The normalized spacial score (nSPS) is 17.7. The predicted octanol–water partition coefficient (Wildman–Crippen LogP) is 0.0349. The van der Waals surface area contributed by atoms with E-state index in [1.807, 2.05) is 0 Å². The van der Waals surface area contributed by atoms with Gasteiger partial charge in [0.1, 0.15) is 0 Å². The molecule has 1 heterocycles. The zero-order valence-electron chi connectivity index (χ0n) is 5.23. The molecule has 4 nitrogen and oxygen atoms in total. The van der Waals surface area contributed by atoms with E-state index in [9.17, 15) is 8.78 Å². The first-order valence-corrected chi connectivity index (χ1v) is 2.58. The van der Waals surface area contributed by atoms with E-state index in [1.165, 1.54) is 7.05 Å². The number of hydrogen-bond donors (Lipinski definition) is 2. The maximum atomic E-state index is 12.2. The van der Waals surface area contributed by atoms with Gasteiger partial charge in [-0.3, -0.25) is 0 Å². The second-order valence-corrected chi connectivity index (χ2v) is 1.56. The lowest BCUT2D eigenvalue weighted by Gasteiger charge is -2.19. The summed E-state index contributed by atoms with van der Waals surface area (Å²) in [5, 5.41) is 4.02. The Morgan fingerprint density at radius 1 is 1.70 bits per heavy atom. The highest BCUT2D eigenvalue weighted by molar-refractivity contribution is 5.87. The first-order chi connectivity index (χ1) is 4.72. The predicted molar refractivity (Wildman–Crippen MR) is 31.8 cm³/mol. The van der Waals surface area contributed by atoms with Crippen molar-refractivity contribution >= 4 is 5.97 Å². The lowest BCUT2D eigenvalue weighted by molar-refractivity contribution is 0.132. The molecule has 0 atom stereocenters.